The molecule has 0 saturated carbocycles. The van der Waals surface area contributed by atoms with Gasteiger partial charge >= 0.3 is 0 Å². The van der Waals surface area contributed by atoms with E-state index in [1.54, 1.807) is 48.5 Å². The van der Waals surface area contributed by atoms with E-state index in [9.17, 15) is 9.59 Å². The topological polar surface area (TPSA) is 58.2 Å². The van der Waals surface area contributed by atoms with Crippen LogP contribution in [0.4, 0.5) is 5.69 Å². The van der Waals surface area contributed by atoms with Crippen molar-refractivity contribution in [2.24, 2.45) is 0 Å². The summed E-state index contributed by atoms with van der Waals surface area (Å²) in [6.07, 6.45) is 3.02. The molecular formula is C24H21ClN2O2. The van der Waals surface area contributed by atoms with Crippen LogP contribution < -0.4 is 10.6 Å². The Morgan fingerprint density at radius 3 is 2.55 bits per heavy atom. The summed E-state index contributed by atoms with van der Waals surface area (Å²) in [5, 5.41) is 6.33. The highest BCUT2D eigenvalue weighted by molar-refractivity contribution is 6.34. The molecule has 5 heteroatoms. The Bertz CT molecular complexity index is 1060. The van der Waals surface area contributed by atoms with E-state index in [0.29, 0.717) is 21.8 Å². The molecule has 0 radical (unpaired) electrons. The monoisotopic (exact) mass is 404 g/mol. The number of nitrogens with one attached hydrogen (secondary N) is 2. The van der Waals surface area contributed by atoms with Crippen LogP contribution in [0.1, 0.15) is 50.7 Å². The number of carbonyl (C=O) groups is 2. The van der Waals surface area contributed by atoms with Gasteiger partial charge in [-0.25, -0.2) is 0 Å². The average Bonchev–Trinajstić information content (AvgIpc) is 2.74. The molecule has 0 bridgehead atoms. The Morgan fingerprint density at radius 2 is 1.69 bits per heavy atom. The lowest BCUT2D eigenvalue weighted by Gasteiger charge is -2.26. The number of rotatable bonds is 4. The number of carbonyl (C=O) groups excluding carboxylic acids is 2. The van der Waals surface area contributed by atoms with Crippen molar-refractivity contribution in [3.63, 3.8) is 0 Å². The molecule has 4 rings (SSSR count). The minimum absolute atomic E-state index is 0.00817. The van der Waals surface area contributed by atoms with Gasteiger partial charge in [-0.15, -0.1) is 0 Å². The van der Waals surface area contributed by atoms with Gasteiger partial charge in [0.15, 0.2) is 0 Å². The van der Waals surface area contributed by atoms with Gasteiger partial charge in [-0.05, 0) is 60.7 Å². The molecule has 0 aromatic heterocycles. The highest BCUT2D eigenvalue weighted by Gasteiger charge is 2.22. The molecule has 146 valence electrons. The van der Waals surface area contributed by atoms with Gasteiger partial charge in [-0.1, -0.05) is 54.1 Å². The minimum Gasteiger partial charge on any atom is -0.345 e. The fourth-order valence-electron chi connectivity index (χ4n) is 3.73. The van der Waals surface area contributed by atoms with Gasteiger partial charge in [0.25, 0.3) is 11.8 Å². The fourth-order valence-corrected chi connectivity index (χ4v) is 3.95. The highest BCUT2D eigenvalue weighted by atomic mass is 35.5. The van der Waals surface area contributed by atoms with Crippen LogP contribution in [0, 0.1) is 0 Å². The first kappa shape index (κ1) is 19.2. The molecule has 1 aliphatic rings. The van der Waals surface area contributed by atoms with E-state index < -0.39 is 0 Å². The van der Waals surface area contributed by atoms with Crippen molar-refractivity contribution in [1.29, 1.82) is 0 Å². The normalized spacial score (nSPS) is 15.3. The lowest BCUT2D eigenvalue weighted by Crippen LogP contribution is -2.31. The molecule has 1 aliphatic carbocycles. The number of fused-ring (bicyclic) bond motifs is 1. The number of hydrogen-bond acceptors (Lipinski definition) is 2. The Balaban J connectivity index is 1.48. The Morgan fingerprint density at radius 1 is 0.897 bits per heavy atom. The molecule has 0 spiro atoms. The van der Waals surface area contributed by atoms with Crippen LogP contribution in [-0.4, -0.2) is 11.8 Å². The summed E-state index contributed by atoms with van der Waals surface area (Å²) < 4.78 is 0. The van der Waals surface area contributed by atoms with Gasteiger partial charge in [0, 0.05) is 11.3 Å². The van der Waals surface area contributed by atoms with E-state index in [-0.39, 0.29) is 17.9 Å². The van der Waals surface area contributed by atoms with Crippen molar-refractivity contribution in [1.82, 2.24) is 5.32 Å². The number of halogens is 1. The quantitative estimate of drug-likeness (QED) is 0.611. The van der Waals surface area contributed by atoms with Crippen LogP contribution in [0.2, 0.25) is 5.02 Å². The molecule has 4 nitrogen and oxygen atoms in total. The fraction of sp³-hybridized carbons (Fsp3) is 0.167. The van der Waals surface area contributed by atoms with Crippen LogP contribution in [0.5, 0.6) is 0 Å². The van der Waals surface area contributed by atoms with E-state index in [2.05, 4.69) is 22.8 Å². The van der Waals surface area contributed by atoms with Crippen molar-refractivity contribution in [2.45, 2.75) is 25.3 Å². The van der Waals surface area contributed by atoms with Gasteiger partial charge in [0.05, 0.1) is 16.6 Å². The smallest absolute Gasteiger partial charge is 0.257 e. The Labute approximate surface area is 174 Å². The molecule has 2 amide bonds. The van der Waals surface area contributed by atoms with Crippen molar-refractivity contribution in [3.8, 4) is 0 Å². The molecule has 0 heterocycles. The Kier molecular flexibility index (Phi) is 5.63. The third kappa shape index (κ3) is 4.33. The maximum atomic E-state index is 12.8. The number of amides is 2. The highest BCUT2D eigenvalue weighted by Crippen LogP contribution is 2.29. The number of anilines is 1. The van der Waals surface area contributed by atoms with Gasteiger partial charge < -0.3 is 10.6 Å². The molecule has 1 atom stereocenters. The van der Waals surface area contributed by atoms with Crippen LogP contribution in [-0.2, 0) is 6.42 Å². The van der Waals surface area contributed by atoms with Crippen LogP contribution in [0.3, 0.4) is 0 Å². The standard InChI is InChI=1S/C24H21ClN2O2/c25-21-13-4-3-12-20(21)24(29)26-18-10-5-9-17(15-18)23(28)27-22-14-6-8-16-7-1-2-11-19(16)22/h1-5,7,9-13,15,22H,6,8,14H2,(H,26,29)(H,27,28). The van der Waals surface area contributed by atoms with Crippen molar-refractivity contribution < 1.29 is 9.59 Å². The third-order valence-corrected chi connectivity index (χ3v) is 5.51. The maximum absolute atomic E-state index is 12.8. The average molecular weight is 405 g/mol. The predicted octanol–water partition coefficient (Wildman–Crippen LogP) is 5.40. The first-order chi connectivity index (χ1) is 14.1. The van der Waals surface area contributed by atoms with E-state index >= 15 is 0 Å². The van der Waals surface area contributed by atoms with E-state index in [0.717, 1.165) is 19.3 Å². The van der Waals surface area contributed by atoms with Crippen LogP contribution in [0.15, 0.2) is 72.8 Å². The zero-order chi connectivity index (χ0) is 20.2. The van der Waals surface area contributed by atoms with Gasteiger partial charge in [0.1, 0.15) is 0 Å². The van der Waals surface area contributed by atoms with Crippen molar-refractivity contribution >= 4 is 29.1 Å². The molecule has 3 aromatic rings. The summed E-state index contributed by atoms with van der Waals surface area (Å²) in [6.45, 7) is 0. The summed E-state index contributed by atoms with van der Waals surface area (Å²) >= 11 is 6.09. The first-order valence-electron chi connectivity index (χ1n) is 9.66. The summed E-state index contributed by atoms with van der Waals surface area (Å²) in [4.78, 5) is 25.3. The van der Waals surface area contributed by atoms with E-state index in [1.165, 1.54) is 11.1 Å². The number of benzene rings is 3. The Hall–Kier alpha value is -3.11. The van der Waals surface area contributed by atoms with Gasteiger partial charge in [0.2, 0.25) is 0 Å². The lowest BCUT2D eigenvalue weighted by molar-refractivity contribution is 0.0931. The van der Waals surface area contributed by atoms with E-state index in [1.807, 2.05) is 12.1 Å². The van der Waals surface area contributed by atoms with Crippen LogP contribution in [0.25, 0.3) is 0 Å². The van der Waals surface area contributed by atoms with Crippen molar-refractivity contribution in [2.75, 3.05) is 5.32 Å². The summed E-state index contributed by atoms with van der Waals surface area (Å²) in [7, 11) is 0. The number of aryl methyl sites for hydroxylation is 1. The summed E-state index contributed by atoms with van der Waals surface area (Å²) in [6, 6.07) is 22.0. The van der Waals surface area contributed by atoms with E-state index in [4.69, 9.17) is 11.6 Å². The second-order valence-electron chi connectivity index (χ2n) is 7.13. The predicted molar refractivity (Wildman–Crippen MR) is 115 cm³/mol. The van der Waals surface area contributed by atoms with Crippen LogP contribution >= 0.6 is 11.6 Å². The second-order valence-corrected chi connectivity index (χ2v) is 7.54. The van der Waals surface area contributed by atoms with Gasteiger partial charge in [-0.2, -0.15) is 0 Å². The lowest BCUT2D eigenvalue weighted by atomic mass is 9.87. The summed E-state index contributed by atoms with van der Waals surface area (Å²) in [5.74, 6) is -0.463. The minimum atomic E-state index is -0.311. The zero-order valence-electron chi connectivity index (χ0n) is 15.8. The molecule has 1 unspecified atom stereocenters. The molecule has 0 aliphatic heterocycles. The largest absolute Gasteiger partial charge is 0.345 e. The third-order valence-electron chi connectivity index (χ3n) is 5.18. The number of hydrogen-bond donors (Lipinski definition) is 2. The molecule has 0 saturated heterocycles. The first-order valence-corrected chi connectivity index (χ1v) is 10.0. The SMILES string of the molecule is O=C(NC1CCCc2ccccc21)c1cccc(NC(=O)c2ccccc2Cl)c1. The molecule has 29 heavy (non-hydrogen) atoms. The molecule has 0 fully saturated rings. The summed E-state index contributed by atoms with van der Waals surface area (Å²) in [5.41, 5.74) is 3.93. The maximum Gasteiger partial charge on any atom is 0.257 e. The van der Waals surface area contributed by atoms with Crippen molar-refractivity contribution in [3.05, 3.63) is 100 Å². The zero-order valence-corrected chi connectivity index (χ0v) is 16.6. The second kappa shape index (κ2) is 8.50. The molecule has 2 N–H and O–H groups in total. The van der Waals surface area contributed by atoms with Gasteiger partial charge in [-0.3, -0.25) is 9.59 Å². The molecular weight excluding hydrogens is 384 g/mol. The molecule has 3 aromatic carbocycles.